The van der Waals surface area contributed by atoms with E-state index in [4.69, 9.17) is 5.73 Å². The minimum Gasteiger partial charge on any atom is -0.329 e. The van der Waals surface area contributed by atoms with Gasteiger partial charge in [0.05, 0.1) is 11.7 Å². The second-order valence-corrected chi connectivity index (χ2v) is 4.00. The van der Waals surface area contributed by atoms with Gasteiger partial charge in [-0.15, -0.1) is 0 Å². The average Bonchev–Trinajstić information content (AvgIpc) is 2.33. The van der Waals surface area contributed by atoms with E-state index in [-0.39, 0.29) is 6.04 Å². The summed E-state index contributed by atoms with van der Waals surface area (Å²) < 4.78 is 0. The SMILES string of the molecule is NCC(c1cccnn1)N1CCCCC1. The van der Waals surface area contributed by atoms with Crippen molar-refractivity contribution < 1.29 is 0 Å². The summed E-state index contributed by atoms with van der Waals surface area (Å²) >= 11 is 0. The molecule has 0 aliphatic carbocycles. The quantitative estimate of drug-likeness (QED) is 0.800. The average molecular weight is 206 g/mol. The second kappa shape index (κ2) is 5.19. The van der Waals surface area contributed by atoms with Crippen LogP contribution in [0, 0.1) is 0 Å². The van der Waals surface area contributed by atoms with E-state index in [1.165, 1.54) is 19.3 Å². The third kappa shape index (κ3) is 2.52. The normalized spacial score (nSPS) is 20.1. The molecule has 1 fully saturated rings. The van der Waals surface area contributed by atoms with Crippen molar-refractivity contribution in [2.75, 3.05) is 19.6 Å². The van der Waals surface area contributed by atoms with Gasteiger partial charge in [-0.25, -0.2) is 0 Å². The molecule has 0 aromatic carbocycles. The van der Waals surface area contributed by atoms with Gasteiger partial charge in [-0.05, 0) is 38.1 Å². The minimum atomic E-state index is 0.249. The zero-order valence-corrected chi connectivity index (χ0v) is 8.97. The number of likely N-dealkylation sites (tertiary alicyclic amines) is 1. The number of nitrogens with zero attached hydrogens (tertiary/aromatic N) is 3. The first-order valence-electron chi connectivity index (χ1n) is 5.63. The molecule has 0 radical (unpaired) electrons. The zero-order valence-electron chi connectivity index (χ0n) is 8.97. The molecule has 1 atom stereocenters. The maximum absolute atomic E-state index is 5.83. The maximum atomic E-state index is 5.83. The Morgan fingerprint density at radius 1 is 1.33 bits per heavy atom. The van der Waals surface area contributed by atoms with Gasteiger partial charge in [0, 0.05) is 12.7 Å². The van der Waals surface area contributed by atoms with Crippen molar-refractivity contribution in [2.24, 2.45) is 5.73 Å². The number of hydrogen-bond donors (Lipinski definition) is 1. The Hall–Kier alpha value is -1.00. The van der Waals surface area contributed by atoms with Crippen molar-refractivity contribution in [3.63, 3.8) is 0 Å². The van der Waals surface area contributed by atoms with Crippen LogP contribution in [0.25, 0.3) is 0 Å². The second-order valence-electron chi connectivity index (χ2n) is 4.00. The standard InChI is InChI=1S/C11H18N4/c12-9-11(10-5-4-6-13-14-10)15-7-2-1-3-8-15/h4-6,11H,1-3,7-9,12H2. The molecule has 0 saturated carbocycles. The smallest absolute Gasteiger partial charge is 0.0815 e. The van der Waals surface area contributed by atoms with E-state index < -0.39 is 0 Å². The molecule has 0 spiro atoms. The van der Waals surface area contributed by atoms with Crippen LogP contribution in [-0.4, -0.2) is 34.7 Å². The van der Waals surface area contributed by atoms with E-state index in [9.17, 15) is 0 Å². The van der Waals surface area contributed by atoms with E-state index >= 15 is 0 Å². The predicted molar refractivity (Wildman–Crippen MR) is 59.3 cm³/mol. The summed E-state index contributed by atoms with van der Waals surface area (Å²) in [4.78, 5) is 2.42. The van der Waals surface area contributed by atoms with Crippen molar-refractivity contribution in [3.8, 4) is 0 Å². The van der Waals surface area contributed by atoms with Crippen LogP contribution in [0.1, 0.15) is 31.0 Å². The van der Waals surface area contributed by atoms with E-state index in [1.54, 1.807) is 6.20 Å². The van der Waals surface area contributed by atoms with Crippen molar-refractivity contribution in [2.45, 2.75) is 25.3 Å². The van der Waals surface area contributed by atoms with Crippen LogP contribution < -0.4 is 5.73 Å². The van der Waals surface area contributed by atoms with Gasteiger partial charge >= 0.3 is 0 Å². The van der Waals surface area contributed by atoms with Crippen molar-refractivity contribution >= 4 is 0 Å². The lowest BCUT2D eigenvalue weighted by molar-refractivity contribution is 0.164. The molecule has 2 heterocycles. The van der Waals surface area contributed by atoms with Gasteiger partial charge in [0.1, 0.15) is 0 Å². The summed E-state index contributed by atoms with van der Waals surface area (Å²) in [5, 5.41) is 8.07. The first-order valence-corrected chi connectivity index (χ1v) is 5.63. The van der Waals surface area contributed by atoms with Crippen LogP contribution in [0.15, 0.2) is 18.3 Å². The highest BCUT2D eigenvalue weighted by Gasteiger charge is 2.21. The molecule has 1 aromatic heterocycles. The van der Waals surface area contributed by atoms with Crippen LogP contribution in [0.2, 0.25) is 0 Å². The first-order chi connectivity index (χ1) is 7.42. The van der Waals surface area contributed by atoms with Crippen molar-refractivity contribution in [1.82, 2.24) is 15.1 Å². The highest BCUT2D eigenvalue weighted by molar-refractivity contribution is 5.06. The largest absolute Gasteiger partial charge is 0.329 e. The highest BCUT2D eigenvalue weighted by atomic mass is 15.2. The van der Waals surface area contributed by atoms with Gasteiger partial charge in [-0.2, -0.15) is 10.2 Å². The van der Waals surface area contributed by atoms with Gasteiger partial charge in [0.25, 0.3) is 0 Å². The van der Waals surface area contributed by atoms with E-state index in [0.717, 1.165) is 18.8 Å². The fraction of sp³-hybridized carbons (Fsp3) is 0.636. The number of hydrogen-bond acceptors (Lipinski definition) is 4. The topological polar surface area (TPSA) is 55.0 Å². The van der Waals surface area contributed by atoms with Gasteiger partial charge in [-0.3, -0.25) is 4.90 Å². The summed E-state index contributed by atoms with van der Waals surface area (Å²) in [6.07, 6.45) is 5.59. The molecule has 1 aliphatic rings. The molecular formula is C11H18N4. The predicted octanol–water partition coefficient (Wildman–Crippen LogP) is 0.962. The molecule has 82 valence electrons. The fourth-order valence-electron chi connectivity index (χ4n) is 2.18. The summed E-state index contributed by atoms with van der Waals surface area (Å²) in [7, 11) is 0. The number of aromatic nitrogens is 2. The van der Waals surface area contributed by atoms with Gasteiger partial charge in [0.15, 0.2) is 0 Å². The molecule has 15 heavy (non-hydrogen) atoms. The molecule has 0 amide bonds. The van der Waals surface area contributed by atoms with Crippen molar-refractivity contribution in [1.29, 1.82) is 0 Å². The summed E-state index contributed by atoms with van der Waals surface area (Å²) in [5.41, 5.74) is 6.83. The summed E-state index contributed by atoms with van der Waals surface area (Å²) in [6, 6.07) is 4.19. The Kier molecular flexibility index (Phi) is 3.64. The van der Waals surface area contributed by atoms with Crippen LogP contribution in [0.4, 0.5) is 0 Å². The van der Waals surface area contributed by atoms with Gasteiger partial charge in [0.2, 0.25) is 0 Å². The maximum Gasteiger partial charge on any atom is 0.0815 e. The third-order valence-corrected chi connectivity index (χ3v) is 2.99. The Labute approximate surface area is 90.5 Å². The summed E-state index contributed by atoms with van der Waals surface area (Å²) in [6.45, 7) is 2.90. The molecule has 1 unspecified atom stereocenters. The van der Waals surface area contributed by atoms with Crippen LogP contribution in [-0.2, 0) is 0 Å². The Bertz CT molecular complexity index is 282. The molecule has 1 aromatic rings. The zero-order chi connectivity index (χ0) is 10.5. The van der Waals surface area contributed by atoms with E-state index in [2.05, 4.69) is 15.1 Å². The lowest BCUT2D eigenvalue weighted by atomic mass is 10.1. The van der Waals surface area contributed by atoms with Crippen LogP contribution in [0.3, 0.4) is 0 Å². The highest BCUT2D eigenvalue weighted by Crippen LogP contribution is 2.21. The third-order valence-electron chi connectivity index (χ3n) is 2.99. The molecule has 4 nitrogen and oxygen atoms in total. The van der Waals surface area contributed by atoms with Crippen molar-refractivity contribution in [3.05, 3.63) is 24.0 Å². The Morgan fingerprint density at radius 3 is 2.73 bits per heavy atom. The van der Waals surface area contributed by atoms with E-state index in [0.29, 0.717) is 6.54 Å². The number of nitrogens with two attached hydrogens (primary N) is 1. The first kappa shape index (κ1) is 10.5. The fourth-order valence-corrected chi connectivity index (χ4v) is 2.18. The summed E-state index contributed by atoms with van der Waals surface area (Å²) in [5.74, 6) is 0. The lowest BCUT2D eigenvalue weighted by Gasteiger charge is -2.33. The van der Waals surface area contributed by atoms with E-state index in [1.807, 2.05) is 12.1 Å². The van der Waals surface area contributed by atoms with Gasteiger partial charge < -0.3 is 5.73 Å². The number of piperidine rings is 1. The number of rotatable bonds is 3. The van der Waals surface area contributed by atoms with Crippen LogP contribution in [0.5, 0.6) is 0 Å². The van der Waals surface area contributed by atoms with Crippen LogP contribution >= 0.6 is 0 Å². The minimum absolute atomic E-state index is 0.249. The molecule has 1 aliphatic heterocycles. The molecule has 4 heteroatoms. The molecule has 2 rings (SSSR count). The molecule has 2 N–H and O–H groups in total. The lowest BCUT2D eigenvalue weighted by Crippen LogP contribution is -2.38. The Morgan fingerprint density at radius 2 is 2.13 bits per heavy atom. The van der Waals surface area contributed by atoms with Gasteiger partial charge in [-0.1, -0.05) is 6.42 Å². The molecule has 0 bridgehead atoms. The molecular weight excluding hydrogens is 188 g/mol. The molecule has 1 saturated heterocycles. The Balaban J connectivity index is 2.09. The monoisotopic (exact) mass is 206 g/mol.